The Bertz CT molecular complexity index is 2300. The number of pyridine rings is 2. The Labute approximate surface area is 282 Å². The molecule has 9 rings (SSSR count). The van der Waals surface area contributed by atoms with Gasteiger partial charge in [-0.2, -0.15) is 0 Å². The SMILES string of the molecule is CC1(C)c2cccc3c4ccc(Oc5[c-]c6c(cc5)OB(c5ccccc5)N6c5ccccn5)[c-]c4c4ncc(n4c23)C1(C)C.[Pt+2]. The Morgan fingerprint density at radius 2 is 1.54 bits per heavy atom. The first kappa shape index (κ1) is 28.8. The number of benzene rings is 4. The van der Waals surface area contributed by atoms with E-state index in [1.54, 1.807) is 6.20 Å². The van der Waals surface area contributed by atoms with E-state index in [1.807, 2.05) is 60.8 Å². The number of fused-ring (bicyclic) bond motifs is 4. The summed E-state index contributed by atoms with van der Waals surface area (Å²) in [5.74, 6) is 2.65. The first-order chi connectivity index (χ1) is 21.8. The number of imidazole rings is 1. The van der Waals surface area contributed by atoms with Gasteiger partial charge in [0.25, 0.3) is 0 Å². The molecule has 0 unspecified atom stereocenters. The molecule has 2 aliphatic heterocycles. The minimum absolute atomic E-state index is 0. The zero-order valence-corrected chi connectivity index (χ0v) is 28.1. The van der Waals surface area contributed by atoms with Crippen LogP contribution in [0.4, 0.5) is 11.5 Å². The minimum Gasteiger partial charge on any atom is -0.599 e. The fraction of sp³-hybridized carbons (Fsp3) is 0.158. The van der Waals surface area contributed by atoms with Gasteiger partial charge in [0.05, 0.1) is 5.65 Å². The summed E-state index contributed by atoms with van der Waals surface area (Å²) < 4.78 is 15.2. The van der Waals surface area contributed by atoms with Gasteiger partial charge in [-0.05, 0) is 34.2 Å². The maximum atomic E-state index is 6.47. The van der Waals surface area contributed by atoms with Gasteiger partial charge in [-0.1, -0.05) is 99.1 Å². The summed E-state index contributed by atoms with van der Waals surface area (Å²) in [5.41, 5.74) is 6.29. The van der Waals surface area contributed by atoms with E-state index in [1.165, 1.54) is 22.2 Å². The van der Waals surface area contributed by atoms with Crippen LogP contribution in [0.1, 0.15) is 39.0 Å². The Morgan fingerprint density at radius 3 is 2.35 bits per heavy atom. The number of hydrogen-bond donors (Lipinski definition) is 0. The molecule has 0 spiro atoms. The Morgan fingerprint density at radius 1 is 0.761 bits per heavy atom. The fourth-order valence-corrected chi connectivity index (χ4v) is 7.05. The van der Waals surface area contributed by atoms with Crippen LogP contribution in [0.15, 0.2) is 103 Å². The number of aromatic nitrogens is 3. The van der Waals surface area contributed by atoms with E-state index in [-0.39, 0.29) is 38.9 Å². The second-order valence-corrected chi connectivity index (χ2v) is 12.9. The Kier molecular flexibility index (Phi) is 6.39. The zero-order valence-electron chi connectivity index (χ0n) is 25.8. The van der Waals surface area contributed by atoms with Crippen molar-refractivity contribution < 1.29 is 30.5 Å². The molecule has 0 saturated heterocycles. The van der Waals surface area contributed by atoms with E-state index in [0.29, 0.717) is 11.5 Å². The van der Waals surface area contributed by atoms with Crippen LogP contribution in [0.3, 0.4) is 0 Å². The molecule has 3 aromatic heterocycles. The van der Waals surface area contributed by atoms with Crippen molar-refractivity contribution in [2.75, 3.05) is 4.81 Å². The third-order valence-electron chi connectivity index (χ3n) is 10.1. The monoisotopic (exact) mass is 779 g/mol. The predicted molar refractivity (Wildman–Crippen MR) is 179 cm³/mol. The number of para-hydroxylation sites is 1. The average molecular weight is 780 g/mol. The quantitative estimate of drug-likeness (QED) is 0.103. The number of ether oxygens (including phenoxy) is 1. The smallest absolute Gasteiger partial charge is 0.599 e. The van der Waals surface area contributed by atoms with Crippen molar-refractivity contribution in [3.63, 3.8) is 0 Å². The number of rotatable bonds is 4. The van der Waals surface area contributed by atoms with Crippen LogP contribution < -0.4 is 19.7 Å². The van der Waals surface area contributed by atoms with Gasteiger partial charge in [0.1, 0.15) is 5.82 Å². The Hall–Kier alpha value is -4.61. The second kappa shape index (κ2) is 10.2. The van der Waals surface area contributed by atoms with Crippen LogP contribution in [0.25, 0.3) is 27.3 Å². The van der Waals surface area contributed by atoms with E-state index in [2.05, 4.69) is 90.4 Å². The topological polar surface area (TPSA) is 51.9 Å². The molecule has 226 valence electrons. The molecule has 0 radical (unpaired) electrons. The van der Waals surface area contributed by atoms with Gasteiger partial charge in [0, 0.05) is 51.7 Å². The summed E-state index contributed by atoms with van der Waals surface area (Å²) in [5, 5.41) is 3.24. The maximum absolute atomic E-state index is 6.47. The number of anilines is 2. The molecule has 5 heterocycles. The summed E-state index contributed by atoms with van der Waals surface area (Å²) in [4.78, 5) is 11.7. The van der Waals surface area contributed by atoms with E-state index in [9.17, 15) is 0 Å². The molecule has 4 aromatic carbocycles. The minimum atomic E-state index is -0.372. The van der Waals surface area contributed by atoms with Crippen LogP contribution in [0, 0.1) is 12.1 Å². The van der Waals surface area contributed by atoms with Crippen molar-refractivity contribution in [2.24, 2.45) is 0 Å². The molecular formula is C38H29BN4O2Pt. The van der Waals surface area contributed by atoms with Crippen molar-refractivity contribution in [3.05, 3.63) is 127 Å². The molecule has 0 N–H and O–H groups in total. The molecule has 6 nitrogen and oxygen atoms in total. The Balaban J connectivity index is 0.00000312. The standard InChI is InChI=1S/C38H29BN4O2.Pt/c1-37(2)30-14-10-13-28-27-18-16-25(21-29(27)36-41-23-33(38(37,3)4)42(36)35(28)30)44-26-17-19-32-31(22-26)43(34-15-8-9-20-40-34)39(45-32)24-11-6-5-7-12-24;/h5-20,23H,1-4H3;/q-2;+2. The molecule has 0 atom stereocenters. The normalized spacial score (nSPS) is 15.7. The molecule has 0 bridgehead atoms. The van der Waals surface area contributed by atoms with Gasteiger partial charge in [-0.3, -0.25) is 4.98 Å². The van der Waals surface area contributed by atoms with Crippen LogP contribution in [-0.2, 0) is 31.9 Å². The van der Waals surface area contributed by atoms with Gasteiger partial charge in [0.15, 0.2) is 0 Å². The first-order valence-corrected chi connectivity index (χ1v) is 15.3. The van der Waals surface area contributed by atoms with Gasteiger partial charge in [-0.25, -0.2) is 4.98 Å². The van der Waals surface area contributed by atoms with Crippen LogP contribution in [-0.4, -0.2) is 21.4 Å². The van der Waals surface area contributed by atoms with E-state index in [4.69, 9.17) is 14.4 Å². The average Bonchev–Trinajstić information content (AvgIpc) is 3.68. The maximum Gasteiger partial charge on any atom is 2.00 e. The van der Waals surface area contributed by atoms with Gasteiger partial charge >= 0.3 is 28.1 Å². The third kappa shape index (κ3) is 3.94. The van der Waals surface area contributed by atoms with Crippen LogP contribution in [0.5, 0.6) is 17.2 Å². The van der Waals surface area contributed by atoms with Crippen LogP contribution >= 0.6 is 0 Å². The molecule has 0 aliphatic carbocycles. The van der Waals surface area contributed by atoms with Gasteiger partial charge in [-0.15, -0.1) is 30.3 Å². The fourth-order valence-electron chi connectivity index (χ4n) is 7.05. The van der Waals surface area contributed by atoms with Crippen LogP contribution in [0.2, 0.25) is 0 Å². The molecule has 8 heteroatoms. The molecule has 0 amide bonds. The predicted octanol–water partition coefficient (Wildman–Crippen LogP) is 7.92. The zero-order chi connectivity index (χ0) is 30.5. The summed E-state index contributed by atoms with van der Waals surface area (Å²) in [7, 11) is -0.372. The third-order valence-corrected chi connectivity index (χ3v) is 10.1. The van der Waals surface area contributed by atoms with E-state index < -0.39 is 0 Å². The van der Waals surface area contributed by atoms with Crippen molar-refractivity contribution in [1.82, 2.24) is 14.4 Å². The van der Waals surface area contributed by atoms with Crippen molar-refractivity contribution in [3.8, 4) is 17.2 Å². The van der Waals surface area contributed by atoms with Crippen molar-refractivity contribution >= 4 is 51.3 Å². The van der Waals surface area contributed by atoms with E-state index >= 15 is 0 Å². The molecule has 7 aromatic rings. The molecular weight excluding hydrogens is 750 g/mol. The van der Waals surface area contributed by atoms with Gasteiger partial charge < -0.3 is 18.6 Å². The largest absolute Gasteiger partial charge is 2.00 e. The molecule has 2 aliphatic rings. The number of nitrogens with zero attached hydrogens (tertiary/aromatic N) is 4. The van der Waals surface area contributed by atoms with E-state index in [0.717, 1.165) is 39.1 Å². The van der Waals surface area contributed by atoms with Crippen molar-refractivity contribution in [2.45, 2.75) is 38.5 Å². The summed E-state index contributed by atoms with van der Waals surface area (Å²) in [6.07, 6.45) is 3.83. The van der Waals surface area contributed by atoms with Crippen molar-refractivity contribution in [1.29, 1.82) is 0 Å². The summed E-state index contributed by atoms with van der Waals surface area (Å²) in [6.45, 7) is 9.31. The summed E-state index contributed by atoms with van der Waals surface area (Å²) >= 11 is 0. The number of hydrogen-bond acceptors (Lipinski definition) is 5. The first-order valence-electron chi connectivity index (χ1n) is 15.3. The van der Waals surface area contributed by atoms with Gasteiger partial charge in [0.2, 0.25) is 0 Å². The molecule has 0 saturated carbocycles. The molecule has 46 heavy (non-hydrogen) atoms. The second-order valence-electron chi connectivity index (χ2n) is 12.9. The molecule has 0 fully saturated rings. The summed E-state index contributed by atoms with van der Waals surface area (Å²) in [6, 6.07) is 37.6.